The van der Waals surface area contributed by atoms with Gasteiger partial charge in [-0.2, -0.15) is 5.10 Å². The fourth-order valence-electron chi connectivity index (χ4n) is 2.17. The highest BCUT2D eigenvalue weighted by Gasteiger charge is 2.17. The Labute approximate surface area is 108 Å². The number of hydrogen-bond donors (Lipinski definition) is 1. The number of carbonyl (C=O) groups is 1. The maximum atomic E-state index is 12.0. The fourth-order valence-corrected chi connectivity index (χ4v) is 2.17. The quantitative estimate of drug-likeness (QED) is 0.887. The van der Waals surface area contributed by atoms with Crippen LogP contribution in [0.2, 0.25) is 0 Å². The minimum atomic E-state index is -0.0737. The van der Waals surface area contributed by atoms with E-state index in [4.69, 9.17) is 4.74 Å². The summed E-state index contributed by atoms with van der Waals surface area (Å²) in [6, 6.07) is 1.93. The average Bonchev–Trinajstić information content (AvgIpc) is 2.86. The maximum Gasteiger partial charge on any atom is 0.269 e. The third-order valence-corrected chi connectivity index (χ3v) is 3.16. The maximum absolute atomic E-state index is 12.0. The number of amides is 1. The molecule has 0 saturated carbocycles. The van der Waals surface area contributed by atoms with E-state index in [0.717, 1.165) is 19.4 Å². The lowest BCUT2D eigenvalue weighted by molar-refractivity contribution is 0.0168. The Hall–Kier alpha value is -1.36. The van der Waals surface area contributed by atoms with Gasteiger partial charge in [-0.05, 0) is 39.2 Å². The average molecular weight is 251 g/mol. The van der Waals surface area contributed by atoms with Crippen molar-refractivity contribution in [1.29, 1.82) is 0 Å². The van der Waals surface area contributed by atoms with Gasteiger partial charge in [0.25, 0.3) is 5.91 Å². The molecule has 1 aromatic heterocycles. The number of rotatable bonds is 4. The smallest absolute Gasteiger partial charge is 0.269 e. The number of nitrogens with zero attached hydrogens (tertiary/aromatic N) is 2. The monoisotopic (exact) mass is 251 g/mol. The SMILES string of the molecule is CC(C)n1nccc1C(=O)NCC1CCCCO1. The lowest BCUT2D eigenvalue weighted by Gasteiger charge is -2.22. The summed E-state index contributed by atoms with van der Waals surface area (Å²) in [6.45, 7) is 5.41. The molecule has 1 unspecified atom stereocenters. The molecule has 1 fully saturated rings. The molecule has 0 aliphatic carbocycles. The zero-order chi connectivity index (χ0) is 13.0. The normalized spacial score (nSPS) is 20.1. The van der Waals surface area contributed by atoms with E-state index in [0.29, 0.717) is 12.2 Å². The summed E-state index contributed by atoms with van der Waals surface area (Å²) in [4.78, 5) is 12.0. The Morgan fingerprint density at radius 2 is 2.44 bits per heavy atom. The molecule has 2 heterocycles. The number of nitrogens with one attached hydrogen (secondary N) is 1. The molecule has 1 saturated heterocycles. The molecule has 0 bridgehead atoms. The second kappa shape index (κ2) is 6.00. The van der Waals surface area contributed by atoms with Crippen LogP contribution in [0.5, 0.6) is 0 Å². The van der Waals surface area contributed by atoms with E-state index in [1.54, 1.807) is 16.9 Å². The molecule has 100 valence electrons. The van der Waals surface area contributed by atoms with Gasteiger partial charge in [-0.3, -0.25) is 9.48 Å². The number of aromatic nitrogens is 2. The third-order valence-electron chi connectivity index (χ3n) is 3.16. The molecule has 2 rings (SSSR count). The van der Waals surface area contributed by atoms with Crippen LogP contribution >= 0.6 is 0 Å². The van der Waals surface area contributed by atoms with E-state index < -0.39 is 0 Å². The van der Waals surface area contributed by atoms with Crippen molar-refractivity contribution in [2.24, 2.45) is 0 Å². The van der Waals surface area contributed by atoms with Crippen molar-refractivity contribution >= 4 is 5.91 Å². The van der Waals surface area contributed by atoms with E-state index in [-0.39, 0.29) is 18.1 Å². The first-order valence-electron chi connectivity index (χ1n) is 6.62. The third kappa shape index (κ3) is 3.10. The highest BCUT2D eigenvalue weighted by Crippen LogP contribution is 2.12. The fraction of sp³-hybridized carbons (Fsp3) is 0.692. The first-order valence-corrected chi connectivity index (χ1v) is 6.62. The Balaban J connectivity index is 1.89. The van der Waals surface area contributed by atoms with Crippen molar-refractivity contribution in [3.63, 3.8) is 0 Å². The van der Waals surface area contributed by atoms with Gasteiger partial charge in [-0.1, -0.05) is 0 Å². The standard InChI is InChI=1S/C13H21N3O2/c1-10(2)16-12(6-7-15-16)13(17)14-9-11-5-3-4-8-18-11/h6-7,10-11H,3-5,8-9H2,1-2H3,(H,14,17). The Kier molecular flexibility index (Phi) is 4.36. The van der Waals surface area contributed by atoms with Gasteiger partial charge < -0.3 is 10.1 Å². The summed E-state index contributed by atoms with van der Waals surface area (Å²) in [5.41, 5.74) is 0.612. The topological polar surface area (TPSA) is 56.2 Å². The van der Waals surface area contributed by atoms with Gasteiger partial charge in [0.15, 0.2) is 0 Å². The van der Waals surface area contributed by atoms with Crippen molar-refractivity contribution in [3.8, 4) is 0 Å². The Morgan fingerprint density at radius 1 is 1.61 bits per heavy atom. The van der Waals surface area contributed by atoms with Crippen molar-refractivity contribution in [3.05, 3.63) is 18.0 Å². The lowest BCUT2D eigenvalue weighted by Crippen LogP contribution is -2.36. The van der Waals surface area contributed by atoms with Gasteiger partial charge in [-0.25, -0.2) is 0 Å². The van der Waals surface area contributed by atoms with Crippen LogP contribution in [0.15, 0.2) is 12.3 Å². The first kappa shape index (κ1) is 13.1. The van der Waals surface area contributed by atoms with E-state index in [1.165, 1.54) is 6.42 Å². The predicted octanol–water partition coefficient (Wildman–Crippen LogP) is 1.76. The second-order valence-corrected chi connectivity index (χ2v) is 4.95. The number of hydrogen-bond acceptors (Lipinski definition) is 3. The highest BCUT2D eigenvalue weighted by molar-refractivity contribution is 5.92. The molecular weight excluding hydrogens is 230 g/mol. The van der Waals surface area contributed by atoms with Crippen LogP contribution in [0.3, 0.4) is 0 Å². The van der Waals surface area contributed by atoms with Gasteiger partial charge in [-0.15, -0.1) is 0 Å². The zero-order valence-electron chi connectivity index (χ0n) is 11.1. The van der Waals surface area contributed by atoms with Gasteiger partial charge in [0, 0.05) is 25.4 Å². The summed E-state index contributed by atoms with van der Waals surface area (Å²) in [5, 5.41) is 7.08. The van der Waals surface area contributed by atoms with Crippen molar-refractivity contribution < 1.29 is 9.53 Å². The van der Waals surface area contributed by atoms with Crippen LogP contribution in [0.4, 0.5) is 0 Å². The summed E-state index contributed by atoms with van der Waals surface area (Å²) in [6.07, 6.45) is 5.17. The molecule has 1 aliphatic heterocycles. The van der Waals surface area contributed by atoms with Crippen LogP contribution in [-0.4, -0.2) is 34.9 Å². The largest absolute Gasteiger partial charge is 0.376 e. The number of carbonyl (C=O) groups excluding carboxylic acids is 1. The summed E-state index contributed by atoms with van der Waals surface area (Å²) >= 11 is 0. The molecule has 1 N–H and O–H groups in total. The Morgan fingerprint density at radius 3 is 3.11 bits per heavy atom. The minimum absolute atomic E-state index is 0.0737. The molecule has 1 aromatic rings. The predicted molar refractivity (Wildman–Crippen MR) is 68.5 cm³/mol. The van der Waals surface area contributed by atoms with Crippen LogP contribution in [0.25, 0.3) is 0 Å². The highest BCUT2D eigenvalue weighted by atomic mass is 16.5. The Bertz CT molecular complexity index is 395. The number of ether oxygens (including phenoxy) is 1. The molecule has 1 atom stereocenters. The molecule has 0 radical (unpaired) electrons. The van der Waals surface area contributed by atoms with Crippen LogP contribution in [-0.2, 0) is 4.74 Å². The molecular formula is C13H21N3O2. The van der Waals surface area contributed by atoms with Gasteiger partial charge in [0.05, 0.1) is 6.10 Å². The van der Waals surface area contributed by atoms with E-state index >= 15 is 0 Å². The van der Waals surface area contributed by atoms with Crippen molar-refractivity contribution in [2.45, 2.75) is 45.3 Å². The summed E-state index contributed by atoms with van der Waals surface area (Å²) in [5.74, 6) is -0.0737. The van der Waals surface area contributed by atoms with E-state index in [9.17, 15) is 4.79 Å². The van der Waals surface area contributed by atoms with Gasteiger partial charge >= 0.3 is 0 Å². The molecule has 18 heavy (non-hydrogen) atoms. The molecule has 5 heteroatoms. The van der Waals surface area contributed by atoms with Crippen molar-refractivity contribution in [1.82, 2.24) is 15.1 Å². The van der Waals surface area contributed by atoms with Gasteiger partial charge in [0.1, 0.15) is 5.69 Å². The van der Waals surface area contributed by atoms with Crippen molar-refractivity contribution in [2.75, 3.05) is 13.2 Å². The van der Waals surface area contributed by atoms with Crippen LogP contribution in [0, 0.1) is 0 Å². The van der Waals surface area contributed by atoms with Crippen LogP contribution in [0.1, 0.15) is 49.6 Å². The van der Waals surface area contributed by atoms with E-state index in [2.05, 4.69) is 10.4 Å². The minimum Gasteiger partial charge on any atom is -0.376 e. The molecule has 1 amide bonds. The molecule has 1 aliphatic rings. The second-order valence-electron chi connectivity index (χ2n) is 4.95. The summed E-state index contributed by atoms with van der Waals surface area (Å²) < 4.78 is 7.32. The van der Waals surface area contributed by atoms with E-state index in [1.807, 2.05) is 13.8 Å². The molecule has 5 nitrogen and oxygen atoms in total. The van der Waals surface area contributed by atoms with Crippen LogP contribution < -0.4 is 5.32 Å². The lowest BCUT2D eigenvalue weighted by atomic mass is 10.1. The molecule has 0 aromatic carbocycles. The molecule has 0 spiro atoms. The summed E-state index contributed by atoms with van der Waals surface area (Å²) in [7, 11) is 0. The first-order chi connectivity index (χ1) is 8.68. The zero-order valence-corrected chi connectivity index (χ0v) is 11.1. The van der Waals surface area contributed by atoms with Gasteiger partial charge in [0.2, 0.25) is 0 Å².